The lowest BCUT2D eigenvalue weighted by Gasteiger charge is -2.22. The lowest BCUT2D eigenvalue weighted by molar-refractivity contribution is -0.116. The van der Waals surface area contributed by atoms with Crippen molar-refractivity contribution in [2.24, 2.45) is 5.92 Å². The molecule has 106 valence electrons. The third-order valence-electron chi connectivity index (χ3n) is 3.67. The zero-order chi connectivity index (χ0) is 13.7. The van der Waals surface area contributed by atoms with Gasteiger partial charge in [0.15, 0.2) is 0 Å². The Labute approximate surface area is 114 Å². The molecule has 1 aromatic heterocycles. The van der Waals surface area contributed by atoms with Gasteiger partial charge in [-0.2, -0.15) is 5.10 Å². The van der Waals surface area contributed by atoms with E-state index in [0.717, 1.165) is 25.3 Å². The number of aromatic nitrogens is 2. The van der Waals surface area contributed by atoms with Gasteiger partial charge in [0.05, 0.1) is 6.20 Å². The van der Waals surface area contributed by atoms with Crippen molar-refractivity contribution in [2.75, 3.05) is 18.4 Å². The Balaban J connectivity index is 1.78. The monoisotopic (exact) mass is 264 g/mol. The molecule has 1 fully saturated rings. The third kappa shape index (κ3) is 4.06. The maximum atomic E-state index is 12.0. The second-order valence-corrected chi connectivity index (χ2v) is 5.53. The van der Waals surface area contributed by atoms with Gasteiger partial charge >= 0.3 is 0 Å². The molecule has 0 saturated carbocycles. The molecule has 0 atom stereocenters. The van der Waals surface area contributed by atoms with E-state index in [1.807, 2.05) is 10.7 Å². The molecule has 0 unspecified atom stereocenters. The maximum Gasteiger partial charge on any atom is 0.225 e. The quantitative estimate of drug-likeness (QED) is 0.857. The zero-order valence-electron chi connectivity index (χ0n) is 11.9. The van der Waals surface area contributed by atoms with Crippen LogP contribution in [0.25, 0.3) is 0 Å². The molecule has 5 nitrogen and oxygen atoms in total. The molecule has 1 aromatic rings. The van der Waals surface area contributed by atoms with Gasteiger partial charge in [-0.05, 0) is 52.1 Å². The highest BCUT2D eigenvalue weighted by molar-refractivity contribution is 5.89. The van der Waals surface area contributed by atoms with Crippen LogP contribution in [0.15, 0.2) is 12.3 Å². The highest BCUT2D eigenvalue weighted by Crippen LogP contribution is 2.19. The van der Waals surface area contributed by atoms with Crippen LogP contribution in [0.5, 0.6) is 0 Å². The number of piperidine rings is 1. The van der Waals surface area contributed by atoms with Gasteiger partial charge < -0.3 is 10.6 Å². The van der Waals surface area contributed by atoms with Crippen LogP contribution in [0.1, 0.15) is 45.6 Å². The molecule has 0 aromatic carbocycles. The van der Waals surface area contributed by atoms with Crippen molar-refractivity contribution in [3.05, 3.63) is 12.3 Å². The van der Waals surface area contributed by atoms with Crippen molar-refractivity contribution in [2.45, 2.75) is 45.6 Å². The average molecular weight is 264 g/mol. The highest BCUT2D eigenvalue weighted by atomic mass is 16.1. The fraction of sp³-hybridized carbons (Fsp3) is 0.714. The Morgan fingerprint density at radius 2 is 2.26 bits per heavy atom. The molecule has 2 N–H and O–H groups in total. The smallest absolute Gasteiger partial charge is 0.225 e. The van der Waals surface area contributed by atoms with Crippen LogP contribution in [-0.4, -0.2) is 28.8 Å². The molecule has 19 heavy (non-hydrogen) atoms. The Morgan fingerprint density at radius 3 is 2.95 bits per heavy atom. The van der Waals surface area contributed by atoms with Crippen molar-refractivity contribution < 1.29 is 4.79 Å². The minimum Gasteiger partial charge on any atom is -0.317 e. The number of hydrogen-bond acceptors (Lipinski definition) is 3. The van der Waals surface area contributed by atoms with Gasteiger partial charge in [-0.25, -0.2) is 4.68 Å². The Hall–Kier alpha value is -1.36. The first-order chi connectivity index (χ1) is 9.16. The summed E-state index contributed by atoms with van der Waals surface area (Å²) < 4.78 is 1.84. The molecule has 1 aliphatic heterocycles. The van der Waals surface area contributed by atoms with Crippen LogP contribution in [0.3, 0.4) is 0 Å². The topological polar surface area (TPSA) is 59.0 Å². The standard InChI is InChI=1S/C14H24N4O/c1-11(2)18-13(7-10-16-18)17-14(19)4-3-12-5-8-15-9-6-12/h7,10-12,15H,3-6,8-9H2,1-2H3,(H,17,19). The predicted octanol–water partition coefficient (Wildman–Crippen LogP) is 2.18. The maximum absolute atomic E-state index is 12.0. The predicted molar refractivity (Wildman–Crippen MR) is 76.1 cm³/mol. The van der Waals surface area contributed by atoms with Gasteiger partial charge in [-0.3, -0.25) is 4.79 Å². The minimum atomic E-state index is 0.0981. The summed E-state index contributed by atoms with van der Waals surface area (Å²) in [6, 6.07) is 2.11. The third-order valence-corrected chi connectivity index (χ3v) is 3.67. The Morgan fingerprint density at radius 1 is 1.53 bits per heavy atom. The molecular weight excluding hydrogens is 240 g/mol. The SMILES string of the molecule is CC(C)n1nccc1NC(=O)CCC1CCNCC1. The number of anilines is 1. The first kappa shape index (κ1) is 14.1. The molecule has 0 spiro atoms. The van der Waals surface area contributed by atoms with Gasteiger partial charge in [0, 0.05) is 18.5 Å². The average Bonchev–Trinajstić information content (AvgIpc) is 2.86. The van der Waals surface area contributed by atoms with E-state index >= 15 is 0 Å². The molecule has 0 radical (unpaired) electrons. The fourth-order valence-electron chi connectivity index (χ4n) is 2.54. The number of carbonyl (C=O) groups excluding carboxylic acids is 1. The number of nitrogens with one attached hydrogen (secondary N) is 2. The summed E-state index contributed by atoms with van der Waals surface area (Å²) in [6.45, 7) is 6.29. The lowest BCUT2D eigenvalue weighted by Crippen LogP contribution is -2.28. The fourth-order valence-corrected chi connectivity index (χ4v) is 2.54. The first-order valence-corrected chi connectivity index (χ1v) is 7.21. The van der Waals surface area contributed by atoms with E-state index in [-0.39, 0.29) is 11.9 Å². The van der Waals surface area contributed by atoms with Gasteiger partial charge in [-0.1, -0.05) is 0 Å². The van der Waals surface area contributed by atoms with E-state index in [9.17, 15) is 4.79 Å². The van der Waals surface area contributed by atoms with Crippen molar-refractivity contribution in [1.29, 1.82) is 0 Å². The van der Waals surface area contributed by atoms with Crippen LogP contribution < -0.4 is 10.6 Å². The molecule has 2 heterocycles. The van der Waals surface area contributed by atoms with Crippen LogP contribution in [0, 0.1) is 5.92 Å². The number of amides is 1. The number of rotatable bonds is 5. The summed E-state index contributed by atoms with van der Waals surface area (Å²) in [6.07, 6.45) is 5.70. The number of hydrogen-bond donors (Lipinski definition) is 2. The van der Waals surface area contributed by atoms with Gasteiger partial charge in [-0.15, -0.1) is 0 Å². The molecule has 2 rings (SSSR count). The number of nitrogens with zero attached hydrogens (tertiary/aromatic N) is 2. The summed E-state index contributed by atoms with van der Waals surface area (Å²) in [5, 5.41) is 10.5. The molecular formula is C14H24N4O. The summed E-state index contributed by atoms with van der Waals surface area (Å²) in [7, 11) is 0. The first-order valence-electron chi connectivity index (χ1n) is 7.21. The van der Waals surface area contributed by atoms with Gasteiger partial charge in [0.1, 0.15) is 5.82 Å². The van der Waals surface area contributed by atoms with Crippen LogP contribution in [0.4, 0.5) is 5.82 Å². The van der Waals surface area contributed by atoms with Gasteiger partial charge in [0.25, 0.3) is 0 Å². The zero-order valence-corrected chi connectivity index (χ0v) is 11.9. The van der Waals surface area contributed by atoms with Crippen molar-refractivity contribution in [3.8, 4) is 0 Å². The summed E-state index contributed by atoms with van der Waals surface area (Å²) >= 11 is 0. The Kier molecular flexibility index (Phi) is 4.96. The van der Waals surface area contributed by atoms with E-state index in [1.54, 1.807) is 6.20 Å². The lowest BCUT2D eigenvalue weighted by atomic mass is 9.93. The van der Waals surface area contributed by atoms with E-state index < -0.39 is 0 Å². The van der Waals surface area contributed by atoms with Crippen molar-refractivity contribution in [3.63, 3.8) is 0 Å². The molecule has 0 bridgehead atoms. The van der Waals surface area contributed by atoms with Crippen molar-refractivity contribution >= 4 is 11.7 Å². The molecule has 1 saturated heterocycles. The molecule has 0 aliphatic carbocycles. The van der Waals surface area contributed by atoms with E-state index in [4.69, 9.17) is 0 Å². The Bertz CT molecular complexity index is 407. The highest BCUT2D eigenvalue weighted by Gasteiger charge is 2.15. The van der Waals surface area contributed by atoms with E-state index in [2.05, 4.69) is 29.6 Å². The van der Waals surface area contributed by atoms with Crippen LogP contribution in [0.2, 0.25) is 0 Å². The normalized spacial score (nSPS) is 16.8. The molecule has 1 amide bonds. The second-order valence-electron chi connectivity index (χ2n) is 5.53. The molecule has 5 heteroatoms. The summed E-state index contributed by atoms with van der Waals surface area (Å²) in [5.41, 5.74) is 0. The van der Waals surface area contributed by atoms with Crippen LogP contribution >= 0.6 is 0 Å². The summed E-state index contributed by atoms with van der Waals surface area (Å²) in [5.74, 6) is 1.59. The second kappa shape index (κ2) is 6.70. The molecule has 1 aliphatic rings. The number of carbonyl (C=O) groups is 1. The largest absolute Gasteiger partial charge is 0.317 e. The van der Waals surface area contributed by atoms with Gasteiger partial charge in [0.2, 0.25) is 5.91 Å². The van der Waals surface area contributed by atoms with Crippen LogP contribution in [-0.2, 0) is 4.79 Å². The minimum absolute atomic E-state index is 0.0981. The van der Waals surface area contributed by atoms with E-state index in [0.29, 0.717) is 12.3 Å². The van der Waals surface area contributed by atoms with E-state index in [1.165, 1.54) is 12.8 Å². The van der Waals surface area contributed by atoms with Crippen molar-refractivity contribution in [1.82, 2.24) is 15.1 Å². The summed E-state index contributed by atoms with van der Waals surface area (Å²) in [4.78, 5) is 12.0.